The van der Waals surface area contributed by atoms with Crippen LogP contribution >= 0.6 is 0 Å². The van der Waals surface area contributed by atoms with E-state index in [0.29, 0.717) is 6.42 Å². The third-order valence-corrected chi connectivity index (χ3v) is 4.54. The van der Waals surface area contributed by atoms with Gasteiger partial charge in [-0.2, -0.15) is 0 Å². The van der Waals surface area contributed by atoms with E-state index < -0.39 is 0 Å². The topological polar surface area (TPSA) is 64.3 Å². The normalized spacial score (nSPS) is 17.8. The van der Waals surface area contributed by atoms with Gasteiger partial charge in [0.25, 0.3) is 0 Å². The van der Waals surface area contributed by atoms with Gasteiger partial charge in [0.1, 0.15) is 0 Å². The Balaban J connectivity index is 1.76. The zero-order chi connectivity index (χ0) is 15.1. The number of benzene rings is 1. The summed E-state index contributed by atoms with van der Waals surface area (Å²) in [6.07, 6.45) is 4.98. The molecule has 1 amide bonds. The minimum atomic E-state index is -0.234. The molecule has 0 bridgehead atoms. The summed E-state index contributed by atoms with van der Waals surface area (Å²) in [5, 5.41) is 3.06. The van der Waals surface area contributed by atoms with E-state index in [9.17, 15) is 4.79 Å². The van der Waals surface area contributed by atoms with Crippen molar-refractivity contribution in [3.05, 3.63) is 35.9 Å². The van der Waals surface area contributed by atoms with Crippen molar-refractivity contribution < 1.29 is 9.53 Å². The standard InChI is InChI=1S/C17H26N2O2/c1-21-11-10-17(8-5-9-17)13-19-16(20)12-15(18)14-6-3-2-4-7-14/h2-4,6-7,15H,5,8-13,18H2,1H3,(H,19,20). The van der Waals surface area contributed by atoms with E-state index in [1.165, 1.54) is 19.3 Å². The van der Waals surface area contributed by atoms with Gasteiger partial charge in [-0.05, 0) is 30.2 Å². The number of rotatable bonds is 8. The summed E-state index contributed by atoms with van der Waals surface area (Å²) in [6.45, 7) is 1.51. The molecular weight excluding hydrogens is 264 g/mol. The molecular formula is C17H26N2O2. The van der Waals surface area contributed by atoms with Crippen molar-refractivity contribution >= 4 is 5.91 Å². The fraction of sp³-hybridized carbons (Fsp3) is 0.588. The van der Waals surface area contributed by atoms with Crippen LogP contribution in [-0.4, -0.2) is 26.2 Å². The summed E-state index contributed by atoms with van der Waals surface area (Å²) in [7, 11) is 1.73. The third-order valence-electron chi connectivity index (χ3n) is 4.54. The van der Waals surface area contributed by atoms with E-state index in [4.69, 9.17) is 10.5 Å². The Morgan fingerprint density at radius 2 is 2.10 bits per heavy atom. The zero-order valence-corrected chi connectivity index (χ0v) is 12.8. The maximum atomic E-state index is 12.1. The van der Waals surface area contributed by atoms with E-state index in [-0.39, 0.29) is 17.4 Å². The first kappa shape index (κ1) is 16.0. The SMILES string of the molecule is COCCC1(CNC(=O)CC(N)c2ccccc2)CCC1. The average Bonchev–Trinajstić information content (AvgIpc) is 2.46. The molecule has 1 aromatic rings. The van der Waals surface area contributed by atoms with Crippen LogP contribution in [-0.2, 0) is 9.53 Å². The summed E-state index contributed by atoms with van der Waals surface area (Å²) in [5.41, 5.74) is 7.34. The smallest absolute Gasteiger partial charge is 0.221 e. The first-order valence-corrected chi connectivity index (χ1v) is 7.71. The first-order valence-electron chi connectivity index (χ1n) is 7.71. The van der Waals surface area contributed by atoms with Crippen molar-refractivity contribution in [2.75, 3.05) is 20.3 Å². The van der Waals surface area contributed by atoms with Crippen molar-refractivity contribution in [2.45, 2.75) is 38.1 Å². The molecule has 1 unspecified atom stereocenters. The predicted molar refractivity (Wildman–Crippen MR) is 83.8 cm³/mol. The molecule has 0 aliphatic heterocycles. The molecule has 4 nitrogen and oxygen atoms in total. The largest absolute Gasteiger partial charge is 0.385 e. The van der Waals surface area contributed by atoms with Gasteiger partial charge in [-0.1, -0.05) is 36.8 Å². The molecule has 1 aliphatic rings. The lowest BCUT2D eigenvalue weighted by Gasteiger charge is -2.42. The number of nitrogens with one attached hydrogen (secondary N) is 1. The van der Waals surface area contributed by atoms with Gasteiger partial charge in [0.15, 0.2) is 0 Å². The molecule has 4 heteroatoms. The number of ether oxygens (including phenoxy) is 1. The second kappa shape index (κ2) is 7.57. The fourth-order valence-electron chi connectivity index (χ4n) is 2.89. The average molecular weight is 290 g/mol. The van der Waals surface area contributed by atoms with E-state index in [2.05, 4.69) is 5.32 Å². The third kappa shape index (κ3) is 4.55. The second-order valence-corrected chi connectivity index (χ2v) is 6.09. The minimum Gasteiger partial charge on any atom is -0.385 e. The number of nitrogens with two attached hydrogens (primary N) is 1. The Kier molecular flexibility index (Phi) is 5.76. The lowest BCUT2D eigenvalue weighted by Crippen LogP contribution is -2.43. The van der Waals surface area contributed by atoms with Crippen molar-refractivity contribution in [1.29, 1.82) is 0 Å². The van der Waals surface area contributed by atoms with Gasteiger partial charge in [-0.15, -0.1) is 0 Å². The quantitative estimate of drug-likeness (QED) is 0.772. The van der Waals surface area contributed by atoms with Crippen molar-refractivity contribution in [2.24, 2.45) is 11.1 Å². The van der Waals surface area contributed by atoms with Gasteiger partial charge in [0.05, 0.1) is 0 Å². The molecule has 1 aromatic carbocycles. The molecule has 1 aliphatic carbocycles. The number of carbonyl (C=O) groups is 1. The maximum absolute atomic E-state index is 12.1. The van der Waals surface area contributed by atoms with Gasteiger partial charge in [-0.3, -0.25) is 4.79 Å². The van der Waals surface area contributed by atoms with Gasteiger partial charge in [-0.25, -0.2) is 0 Å². The van der Waals surface area contributed by atoms with Crippen LogP contribution in [0.3, 0.4) is 0 Å². The van der Waals surface area contributed by atoms with E-state index in [0.717, 1.165) is 25.1 Å². The molecule has 0 aromatic heterocycles. The Labute approximate surface area is 127 Å². The zero-order valence-electron chi connectivity index (χ0n) is 12.8. The highest BCUT2D eigenvalue weighted by molar-refractivity contribution is 5.76. The van der Waals surface area contributed by atoms with Crippen LogP contribution in [0.1, 0.15) is 43.7 Å². The molecule has 1 fully saturated rings. The Morgan fingerprint density at radius 1 is 1.38 bits per heavy atom. The van der Waals surface area contributed by atoms with E-state index in [1.807, 2.05) is 30.3 Å². The minimum absolute atomic E-state index is 0.0371. The molecule has 0 saturated heterocycles. The van der Waals surface area contributed by atoms with Crippen LogP contribution in [0.4, 0.5) is 0 Å². The van der Waals surface area contributed by atoms with Gasteiger partial charge >= 0.3 is 0 Å². The highest BCUT2D eigenvalue weighted by Crippen LogP contribution is 2.43. The lowest BCUT2D eigenvalue weighted by atomic mass is 9.66. The summed E-state index contributed by atoms with van der Waals surface area (Å²) < 4.78 is 5.17. The van der Waals surface area contributed by atoms with Crippen LogP contribution in [0.25, 0.3) is 0 Å². The van der Waals surface area contributed by atoms with Crippen LogP contribution < -0.4 is 11.1 Å². The molecule has 1 atom stereocenters. The highest BCUT2D eigenvalue weighted by atomic mass is 16.5. The Morgan fingerprint density at radius 3 is 2.67 bits per heavy atom. The highest BCUT2D eigenvalue weighted by Gasteiger charge is 2.36. The van der Waals surface area contributed by atoms with E-state index in [1.54, 1.807) is 7.11 Å². The van der Waals surface area contributed by atoms with Gasteiger partial charge in [0, 0.05) is 32.7 Å². The summed E-state index contributed by atoms with van der Waals surface area (Å²) in [6, 6.07) is 9.53. The van der Waals surface area contributed by atoms with Crippen LogP contribution in [0.15, 0.2) is 30.3 Å². The molecule has 21 heavy (non-hydrogen) atoms. The second-order valence-electron chi connectivity index (χ2n) is 6.09. The molecule has 0 heterocycles. The molecule has 3 N–H and O–H groups in total. The van der Waals surface area contributed by atoms with Crippen LogP contribution in [0.5, 0.6) is 0 Å². The van der Waals surface area contributed by atoms with Crippen molar-refractivity contribution in [3.8, 4) is 0 Å². The molecule has 0 radical (unpaired) electrons. The lowest BCUT2D eigenvalue weighted by molar-refractivity contribution is -0.122. The van der Waals surface area contributed by atoms with Gasteiger partial charge < -0.3 is 15.8 Å². The van der Waals surface area contributed by atoms with Gasteiger partial charge in [0.2, 0.25) is 5.91 Å². The maximum Gasteiger partial charge on any atom is 0.221 e. The number of amides is 1. The number of methoxy groups -OCH3 is 1. The summed E-state index contributed by atoms with van der Waals surface area (Å²) in [4.78, 5) is 12.1. The van der Waals surface area contributed by atoms with E-state index >= 15 is 0 Å². The fourth-order valence-corrected chi connectivity index (χ4v) is 2.89. The monoisotopic (exact) mass is 290 g/mol. The molecule has 0 spiro atoms. The molecule has 116 valence electrons. The van der Waals surface area contributed by atoms with Crippen molar-refractivity contribution in [1.82, 2.24) is 5.32 Å². The Hall–Kier alpha value is -1.39. The summed E-state index contributed by atoms with van der Waals surface area (Å²) >= 11 is 0. The van der Waals surface area contributed by atoms with Crippen LogP contribution in [0.2, 0.25) is 0 Å². The summed E-state index contributed by atoms with van der Waals surface area (Å²) in [5.74, 6) is 0.0371. The molecule has 2 rings (SSSR count). The Bertz CT molecular complexity index is 443. The number of carbonyl (C=O) groups excluding carboxylic acids is 1. The number of hydrogen-bond acceptors (Lipinski definition) is 3. The first-order chi connectivity index (χ1) is 10.2. The predicted octanol–water partition coefficient (Wildman–Crippen LogP) is 2.40. The molecule has 1 saturated carbocycles. The van der Waals surface area contributed by atoms with Crippen LogP contribution in [0, 0.1) is 5.41 Å². The van der Waals surface area contributed by atoms with Crippen molar-refractivity contribution in [3.63, 3.8) is 0 Å². The number of hydrogen-bond donors (Lipinski definition) is 2.